The Balaban J connectivity index is 0.00000277. The molecule has 2 bridgehead atoms. The number of likely N-dealkylation sites (tertiary alicyclic amines) is 1. The molecule has 0 unspecified atom stereocenters. The minimum absolute atomic E-state index is 0. The molecular weight excluding hydrogens is 480 g/mol. The summed E-state index contributed by atoms with van der Waals surface area (Å²) in [5.74, 6) is 0.334. The number of amides is 1. The van der Waals surface area contributed by atoms with Crippen LogP contribution in [0.5, 0.6) is 11.5 Å². The number of likely N-dealkylation sites (N-methyl/N-ethyl adjacent to an activating group) is 1. The Morgan fingerprint density at radius 2 is 2.17 bits per heavy atom. The normalized spacial score (nSPS) is 35.7. The predicted octanol–water partition coefficient (Wildman–Crippen LogP) is 3.51. The molecular formula is C28H33ClN2O5. The number of carbonyl (C=O) groups is 1. The fourth-order valence-electron chi connectivity index (χ4n) is 7.50. The van der Waals surface area contributed by atoms with Crippen LogP contribution in [-0.2, 0) is 16.6 Å². The topological polar surface area (TPSA) is 86.4 Å². The Hall–Kier alpha value is -2.48. The first-order valence-corrected chi connectivity index (χ1v) is 12.7. The molecule has 36 heavy (non-hydrogen) atoms. The van der Waals surface area contributed by atoms with Gasteiger partial charge in [-0.05, 0) is 74.8 Å². The summed E-state index contributed by atoms with van der Waals surface area (Å²) in [6.07, 6.45) is 9.25. The van der Waals surface area contributed by atoms with E-state index < -0.39 is 36.0 Å². The van der Waals surface area contributed by atoms with Crippen molar-refractivity contribution < 1.29 is 28.3 Å². The molecule has 1 aromatic carbocycles. The molecule has 3 aliphatic carbocycles. The Bertz CT molecular complexity index is 1310. The van der Waals surface area contributed by atoms with Crippen LogP contribution in [-0.4, -0.2) is 69.8 Å². The number of hydrogen-bond acceptors (Lipinski definition) is 6. The maximum atomic E-state index is 13.5. The minimum atomic E-state index is -2.72. The van der Waals surface area contributed by atoms with Gasteiger partial charge in [-0.1, -0.05) is 6.07 Å². The quantitative estimate of drug-likeness (QED) is 0.593. The molecule has 0 radical (unpaired) electrons. The van der Waals surface area contributed by atoms with E-state index in [-0.39, 0.29) is 30.6 Å². The molecule has 2 aliphatic heterocycles. The molecule has 1 saturated heterocycles. The van der Waals surface area contributed by atoms with E-state index >= 15 is 0 Å². The van der Waals surface area contributed by atoms with E-state index in [1.807, 2.05) is 6.07 Å². The number of carbonyl (C=O) groups excluding carboxylic acids is 1. The smallest absolute Gasteiger partial charge is 0.246 e. The maximum Gasteiger partial charge on any atom is 0.246 e. The summed E-state index contributed by atoms with van der Waals surface area (Å²) in [5.41, 5.74) is 0.438. The summed E-state index contributed by atoms with van der Waals surface area (Å²) in [6.45, 7) is -1.01. The summed E-state index contributed by atoms with van der Waals surface area (Å²) in [5, 5.41) is 23.4. The van der Waals surface area contributed by atoms with Gasteiger partial charge in [-0.25, -0.2) is 0 Å². The third kappa shape index (κ3) is 3.15. The zero-order chi connectivity index (χ0) is 26.4. The van der Waals surface area contributed by atoms with Gasteiger partial charge in [-0.15, -0.1) is 12.4 Å². The molecule has 7 rings (SSSR count). The highest BCUT2D eigenvalue weighted by atomic mass is 35.5. The SMILES string of the molecule is Cl.[2H]C([2H])([2H])N(C(=O)/C=C/c1ccoc1)[C@@H]1CC[C@@]2(O)[C@H]3Cc4ccc(O)c5c4[C@@]2(CCN3CC2CC2)[C@H]1O5. The van der Waals surface area contributed by atoms with Crippen LogP contribution < -0.4 is 4.74 Å². The van der Waals surface area contributed by atoms with E-state index in [1.165, 1.54) is 37.5 Å². The number of rotatable bonds is 5. The lowest BCUT2D eigenvalue weighted by Gasteiger charge is -2.64. The maximum absolute atomic E-state index is 13.5. The van der Waals surface area contributed by atoms with Crippen molar-refractivity contribution in [2.75, 3.05) is 20.1 Å². The minimum Gasteiger partial charge on any atom is -0.504 e. The van der Waals surface area contributed by atoms with Gasteiger partial charge in [0.05, 0.1) is 29.6 Å². The summed E-state index contributed by atoms with van der Waals surface area (Å²) < 4.78 is 36.5. The molecule has 2 N–H and O–H groups in total. The van der Waals surface area contributed by atoms with Crippen LogP contribution in [0.25, 0.3) is 6.08 Å². The molecule has 2 saturated carbocycles. The number of phenols is 1. The number of halogens is 1. The largest absolute Gasteiger partial charge is 0.504 e. The average Bonchev–Trinajstić information content (AvgIpc) is 3.37. The van der Waals surface area contributed by atoms with Gasteiger partial charge in [0.1, 0.15) is 6.10 Å². The highest BCUT2D eigenvalue weighted by Gasteiger charge is 2.73. The van der Waals surface area contributed by atoms with Crippen molar-refractivity contribution in [3.63, 3.8) is 0 Å². The molecule has 1 spiro atoms. The number of nitrogens with zero attached hydrogens (tertiary/aromatic N) is 2. The molecule has 5 atom stereocenters. The number of benzene rings is 1. The number of furan rings is 1. The van der Waals surface area contributed by atoms with Crippen molar-refractivity contribution in [3.8, 4) is 11.5 Å². The Kier molecular flexibility index (Phi) is 4.72. The highest BCUT2D eigenvalue weighted by Crippen LogP contribution is 2.66. The Labute approximate surface area is 221 Å². The van der Waals surface area contributed by atoms with Gasteiger partial charge >= 0.3 is 0 Å². The monoisotopic (exact) mass is 515 g/mol. The van der Waals surface area contributed by atoms with Crippen molar-refractivity contribution in [2.45, 2.75) is 67.7 Å². The zero-order valence-electron chi connectivity index (χ0n) is 22.9. The van der Waals surface area contributed by atoms with E-state index in [1.54, 1.807) is 12.1 Å². The first-order chi connectivity index (χ1) is 18.1. The lowest BCUT2D eigenvalue weighted by Crippen LogP contribution is -2.78. The summed E-state index contributed by atoms with van der Waals surface area (Å²) in [7, 11) is 0. The van der Waals surface area contributed by atoms with E-state index in [4.69, 9.17) is 13.3 Å². The van der Waals surface area contributed by atoms with E-state index in [0.717, 1.165) is 29.1 Å². The fourth-order valence-corrected chi connectivity index (χ4v) is 7.50. The van der Waals surface area contributed by atoms with Gasteiger partial charge in [0.2, 0.25) is 5.91 Å². The number of hydrogen-bond donors (Lipinski definition) is 2. The second kappa shape index (κ2) is 8.27. The Morgan fingerprint density at radius 1 is 1.31 bits per heavy atom. The van der Waals surface area contributed by atoms with Crippen molar-refractivity contribution in [2.24, 2.45) is 5.92 Å². The van der Waals surface area contributed by atoms with Gasteiger partial charge in [0.15, 0.2) is 11.5 Å². The molecule has 2 aromatic rings. The standard InChI is InChI=1S/C28H32N2O5.ClH/c1-29(23(32)7-4-18-9-13-34-16-18)20-8-10-28(33)22-14-19-5-6-21(31)25-24(19)27(28,26(20)35-25)11-12-30(22)15-17-2-3-17;/h4-7,9,13,16-17,20,22,26,31,33H,2-3,8,10-12,14-15H2,1H3;1H/b7-4+;/t20-,22-,26+,27+,28-;/m1./s1/i1D3;. The highest BCUT2D eigenvalue weighted by molar-refractivity contribution is 5.92. The van der Waals surface area contributed by atoms with Crippen LogP contribution in [0.1, 0.15) is 52.9 Å². The first-order valence-electron chi connectivity index (χ1n) is 14.2. The number of ether oxygens (including phenoxy) is 1. The first kappa shape index (κ1) is 20.6. The van der Waals surface area contributed by atoms with Gasteiger partial charge in [-0.3, -0.25) is 9.69 Å². The fraction of sp³-hybridized carbons (Fsp3) is 0.536. The average molecular weight is 516 g/mol. The summed E-state index contributed by atoms with van der Waals surface area (Å²) in [6, 6.07) is 4.30. The molecule has 1 aromatic heterocycles. The number of aromatic hydroxyl groups is 1. The third-order valence-electron chi connectivity index (χ3n) is 9.26. The van der Waals surface area contributed by atoms with Crippen molar-refractivity contribution in [1.82, 2.24) is 9.80 Å². The van der Waals surface area contributed by atoms with Crippen molar-refractivity contribution >= 4 is 24.4 Å². The van der Waals surface area contributed by atoms with Crippen LogP contribution in [0.15, 0.2) is 41.2 Å². The molecule has 8 heteroatoms. The number of piperidine rings is 1. The molecule has 3 heterocycles. The van der Waals surface area contributed by atoms with Gasteiger partial charge < -0.3 is 24.3 Å². The predicted molar refractivity (Wildman–Crippen MR) is 136 cm³/mol. The molecule has 3 fully saturated rings. The van der Waals surface area contributed by atoms with Crippen LogP contribution in [0.4, 0.5) is 0 Å². The molecule has 1 amide bonds. The van der Waals surface area contributed by atoms with Crippen LogP contribution in [0, 0.1) is 5.92 Å². The zero-order valence-corrected chi connectivity index (χ0v) is 20.7. The lowest BCUT2D eigenvalue weighted by molar-refractivity contribution is -0.200. The lowest BCUT2D eigenvalue weighted by atomic mass is 9.48. The van der Waals surface area contributed by atoms with Crippen LogP contribution in [0.2, 0.25) is 0 Å². The van der Waals surface area contributed by atoms with E-state index in [0.29, 0.717) is 36.5 Å². The van der Waals surface area contributed by atoms with Crippen molar-refractivity contribution in [1.29, 1.82) is 0 Å². The second-order valence-corrected chi connectivity index (χ2v) is 11.0. The molecule has 5 aliphatic rings. The van der Waals surface area contributed by atoms with Crippen molar-refractivity contribution in [3.05, 3.63) is 53.5 Å². The molecule has 192 valence electrons. The second-order valence-electron chi connectivity index (χ2n) is 11.0. The molecule has 7 nitrogen and oxygen atoms in total. The van der Waals surface area contributed by atoms with Crippen LogP contribution >= 0.6 is 12.4 Å². The van der Waals surface area contributed by atoms with Crippen LogP contribution in [0.3, 0.4) is 0 Å². The number of aliphatic hydroxyl groups is 1. The van der Waals surface area contributed by atoms with E-state index in [2.05, 4.69) is 4.90 Å². The van der Waals surface area contributed by atoms with Gasteiger partial charge in [0, 0.05) is 40.9 Å². The third-order valence-corrected chi connectivity index (χ3v) is 9.26. The van der Waals surface area contributed by atoms with E-state index in [9.17, 15) is 15.0 Å². The van der Waals surface area contributed by atoms with Gasteiger partial charge in [0.25, 0.3) is 0 Å². The van der Waals surface area contributed by atoms with Gasteiger partial charge in [-0.2, -0.15) is 0 Å². The number of phenolic OH excluding ortho intramolecular Hbond substituents is 1. The Morgan fingerprint density at radius 3 is 2.92 bits per heavy atom. The summed E-state index contributed by atoms with van der Waals surface area (Å²) in [4.78, 5) is 16.9. The summed E-state index contributed by atoms with van der Waals surface area (Å²) >= 11 is 0.